The number of anilines is 2. The van der Waals surface area contributed by atoms with E-state index in [4.69, 9.17) is 11.5 Å². The zero-order valence-electron chi connectivity index (χ0n) is 10.8. The predicted octanol–water partition coefficient (Wildman–Crippen LogP) is 1.21. The van der Waals surface area contributed by atoms with E-state index in [2.05, 4.69) is 11.9 Å². The van der Waals surface area contributed by atoms with E-state index in [9.17, 15) is 13.2 Å². The lowest BCUT2D eigenvalue weighted by Gasteiger charge is -2.07. The second-order valence-corrected chi connectivity index (χ2v) is 7.32. The Bertz CT molecular complexity index is 617. The highest BCUT2D eigenvalue weighted by Gasteiger charge is 2.27. The number of sulfone groups is 1. The molecule has 5 N–H and O–H groups in total. The van der Waals surface area contributed by atoms with Crippen LogP contribution >= 0.6 is 11.3 Å². The lowest BCUT2D eigenvalue weighted by atomic mass is 10.3. The molecule has 0 atom stereocenters. The number of thiophene rings is 1. The first-order valence-corrected chi connectivity index (χ1v) is 8.00. The molecule has 0 radical (unpaired) electrons. The van der Waals surface area contributed by atoms with Crippen molar-refractivity contribution >= 4 is 37.8 Å². The Morgan fingerprint density at radius 1 is 1.47 bits per heavy atom. The van der Waals surface area contributed by atoms with Crippen LogP contribution < -0.4 is 16.8 Å². The zero-order chi connectivity index (χ0) is 14.8. The average Bonchev–Trinajstić information content (AvgIpc) is 2.64. The molecule has 1 heterocycles. The van der Waals surface area contributed by atoms with Crippen LogP contribution in [0.2, 0.25) is 0 Å². The van der Waals surface area contributed by atoms with Crippen molar-refractivity contribution in [3.05, 3.63) is 17.0 Å². The third-order valence-electron chi connectivity index (χ3n) is 2.37. The van der Waals surface area contributed by atoms with Gasteiger partial charge in [-0.05, 0) is 6.92 Å². The highest BCUT2D eigenvalue weighted by Crippen LogP contribution is 2.39. The van der Waals surface area contributed by atoms with Crippen molar-refractivity contribution in [2.45, 2.75) is 18.7 Å². The number of hydrogen-bond donors (Lipinski definition) is 3. The molecule has 0 aliphatic carbocycles. The molecule has 106 valence electrons. The van der Waals surface area contributed by atoms with Gasteiger partial charge in [0, 0.05) is 6.54 Å². The van der Waals surface area contributed by atoms with Gasteiger partial charge in [0.15, 0.2) is 9.84 Å². The monoisotopic (exact) mass is 303 g/mol. The van der Waals surface area contributed by atoms with E-state index in [1.165, 1.54) is 6.92 Å². The number of nitrogens with two attached hydrogens (primary N) is 2. The Kier molecular flexibility index (Phi) is 4.59. The van der Waals surface area contributed by atoms with Gasteiger partial charge in [0.2, 0.25) is 0 Å². The summed E-state index contributed by atoms with van der Waals surface area (Å²) >= 11 is 0.948. The average molecular weight is 303 g/mol. The first kappa shape index (κ1) is 15.5. The van der Waals surface area contributed by atoms with Gasteiger partial charge in [0.25, 0.3) is 5.91 Å². The van der Waals surface area contributed by atoms with Crippen LogP contribution in [-0.2, 0) is 9.84 Å². The molecule has 0 fully saturated rings. The fraction of sp³-hybridized carbons (Fsp3) is 0.364. The van der Waals surface area contributed by atoms with Crippen LogP contribution in [0.3, 0.4) is 0 Å². The number of nitrogen functional groups attached to an aromatic ring is 1. The van der Waals surface area contributed by atoms with Gasteiger partial charge in [0.1, 0.15) is 14.8 Å². The Morgan fingerprint density at radius 3 is 2.47 bits per heavy atom. The summed E-state index contributed by atoms with van der Waals surface area (Å²) in [4.78, 5) is 11.3. The quantitative estimate of drug-likeness (QED) is 0.683. The molecule has 0 spiro atoms. The molecule has 1 amide bonds. The molecule has 8 heteroatoms. The number of nitrogens with one attached hydrogen (secondary N) is 1. The maximum Gasteiger partial charge on any atom is 0.261 e. The molecule has 1 aromatic rings. The number of primary amides is 1. The minimum absolute atomic E-state index is 0.0462. The molecular formula is C11H17N3O3S2. The molecule has 1 rings (SSSR count). The summed E-state index contributed by atoms with van der Waals surface area (Å²) in [7, 11) is -3.53. The summed E-state index contributed by atoms with van der Waals surface area (Å²) in [6.07, 6.45) is 0. The van der Waals surface area contributed by atoms with E-state index < -0.39 is 15.7 Å². The molecule has 19 heavy (non-hydrogen) atoms. The Balaban J connectivity index is 3.40. The molecule has 0 saturated carbocycles. The van der Waals surface area contributed by atoms with Gasteiger partial charge >= 0.3 is 0 Å². The molecule has 0 aromatic carbocycles. The highest BCUT2D eigenvalue weighted by molar-refractivity contribution is 7.91. The number of amides is 1. The first-order valence-electron chi connectivity index (χ1n) is 5.53. The van der Waals surface area contributed by atoms with Gasteiger partial charge in [0.05, 0.1) is 11.4 Å². The Hall–Kier alpha value is -1.54. The minimum atomic E-state index is -3.53. The lowest BCUT2D eigenvalue weighted by Crippen LogP contribution is -2.13. The summed E-state index contributed by atoms with van der Waals surface area (Å²) in [5.41, 5.74) is 11.7. The van der Waals surface area contributed by atoms with Gasteiger partial charge in [-0.3, -0.25) is 4.79 Å². The molecule has 1 aromatic heterocycles. The van der Waals surface area contributed by atoms with Crippen molar-refractivity contribution in [1.29, 1.82) is 0 Å². The van der Waals surface area contributed by atoms with E-state index in [0.29, 0.717) is 11.5 Å². The van der Waals surface area contributed by atoms with E-state index in [1.807, 2.05) is 0 Å². The maximum atomic E-state index is 12.0. The number of rotatable bonds is 6. The molecule has 0 unspecified atom stereocenters. The normalized spacial score (nSPS) is 11.3. The second kappa shape index (κ2) is 5.62. The van der Waals surface area contributed by atoms with Crippen LogP contribution in [0.15, 0.2) is 17.0 Å². The molecular weight excluding hydrogens is 286 g/mol. The van der Waals surface area contributed by atoms with Crippen LogP contribution in [0.4, 0.5) is 10.7 Å². The molecule has 0 saturated heterocycles. The van der Waals surface area contributed by atoms with E-state index in [1.54, 1.807) is 6.92 Å². The SMILES string of the molecule is C=C(C)CNc1sc(C(N)=O)c(N)c1S(=O)(=O)CC. The number of carbonyl (C=O) groups is 1. The molecule has 0 aliphatic rings. The largest absolute Gasteiger partial charge is 0.396 e. The van der Waals surface area contributed by atoms with E-state index >= 15 is 0 Å². The lowest BCUT2D eigenvalue weighted by molar-refractivity contribution is 0.100. The summed E-state index contributed by atoms with van der Waals surface area (Å²) < 4.78 is 24.1. The van der Waals surface area contributed by atoms with Crippen LogP contribution in [0.5, 0.6) is 0 Å². The number of carbonyl (C=O) groups excluding carboxylic acids is 1. The van der Waals surface area contributed by atoms with E-state index in [0.717, 1.165) is 16.9 Å². The van der Waals surface area contributed by atoms with Gasteiger partial charge in [-0.1, -0.05) is 19.1 Å². The maximum absolute atomic E-state index is 12.0. The van der Waals surface area contributed by atoms with Crippen LogP contribution in [0, 0.1) is 0 Å². The van der Waals surface area contributed by atoms with Gasteiger partial charge in [-0.25, -0.2) is 8.42 Å². The zero-order valence-corrected chi connectivity index (χ0v) is 12.5. The van der Waals surface area contributed by atoms with Crippen molar-refractivity contribution in [3.8, 4) is 0 Å². The van der Waals surface area contributed by atoms with Crippen molar-refractivity contribution < 1.29 is 13.2 Å². The smallest absolute Gasteiger partial charge is 0.261 e. The molecule has 0 bridgehead atoms. The van der Waals surface area contributed by atoms with Crippen molar-refractivity contribution in [3.63, 3.8) is 0 Å². The third kappa shape index (κ3) is 3.27. The van der Waals surface area contributed by atoms with Crippen LogP contribution in [-0.4, -0.2) is 26.6 Å². The van der Waals surface area contributed by atoms with Crippen molar-refractivity contribution in [1.82, 2.24) is 0 Å². The van der Waals surface area contributed by atoms with Crippen LogP contribution in [0.1, 0.15) is 23.5 Å². The van der Waals surface area contributed by atoms with Gasteiger partial charge in [-0.2, -0.15) is 0 Å². The fourth-order valence-electron chi connectivity index (χ4n) is 1.41. The Morgan fingerprint density at radius 2 is 2.05 bits per heavy atom. The summed E-state index contributed by atoms with van der Waals surface area (Å²) in [5.74, 6) is -0.841. The second-order valence-electron chi connectivity index (χ2n) is 4.08. The van der Waals surface area contributed by atoms with Crippen molar-refractivity contribution in [2.24, 2.45) is 5.73 Å². The summed E-state index contributed by atoms with van der Waals surface area (Å²) in [6.45, 7) is 7.42. The first-order chi connectivity index (χ1) is 8.70. The summed E-state index contributed by atoms with van der Waals surface area (Å²) in [6, 6.07) is 0. The number of hydrogen-bond acceptors (Lipinski definition) is 6. The van der Waals surface area contributed by atoms with Crippen LogP contribution in [0.25, 0.3) is 0 Å². The minimum Gasteiger partial charge on any atom is -0.396 e. The summed E-state index contributed by atoms with van der Waals surface area (Å²) in [5, 5.41) is 3.25. The highest BCUT2D eigenvalue weighted by atomic mass is 32.2. The third-order valence-corrected chi connectivity index (χ3v) is 5.48. The van der Waals surface area contributed by atoms with Gasteiger partial charge in [-0.15, -0.1) is 11.3 Å². The fourth-order valence-corrected chi connectivity index (χ4v) is 3.93. The Labute approximate surface area is 116 Å². The van der Waals surface area contributed by atoms with E-state index in [-0.39, 0.29) is 21.2 Å². The standard InChI is InChI=1S/C11H17N3O3S2/c1-4-19(16,17)9-7(12)8(10(13)15)18-11(9)14-5-6(2)3/h14H,2,4-5,12H2,1,3H3,(H2,13,15). The topological polar surface area (TPSA) is 115 Å². The molecule has 0 aliphatic heterocycles. The predicted molar refractivity (Wildman–Crippen MR) is 78.3 cm³/mol. The van der Waals surface area contributed by atoms with Crippen molar-refractivity contribution in [2.75, 3.05) is 23.3 Å². The molecule has 6 nitrogen and oxygen atoms in total. The van der Waals surface area contributed by atoms with Gasteiger partial charge < -0.3 is 16.8 Å².